The second-order valence-corrected chi connectivity index (χ2v) is 4.02. The van der Waals surface area contributed by atoms with Crippen molar-refractivity contribution >= 4 is 0 Å². The number of hydrogen-bond donors (Lipinski definition) is 2. The Hall–Kier alpha value is -0.870. The molecule has 14 heavy (non-hydrogen) atoms. The fourth-order valence-electron chi connectivity index (χ4n) is 1.74. The van der Waals surface area contributed by atoms with Crippen LogP contribution < -0.4 is 5.32 Å². The summed E-state index contributed by atoms with van der Waals surface area (Å²) in [6.45, 7) is 2.12. The number of aliphatic hydroxyl groups excluding tert-OH is 1. The van der Waals surface area contributed by atoms with Crippen molar-refractivity contribution in [1.82, 2.24) is 15.1 Å². The van der Waals surface area contributed by atoms with Gasteiger partial charge < -0.3 is 10.4 Å². The molecule has 1 fully saturated rings. The van der Waals surface area contributed by atoms with E-state index >= 15 is 0 Å². The highest BCUT2D eigenvalue weighted by Crippen LogP contribution is 2.24. The number of hydrogen-bond acceptors (Lipinski definition) is 3. The summed E-state index contributed by atoms with van der Waals surface area (Å²) in [7, 11) is 1.90. The van der Waals surface area contributed by atoms with Gasteiger partial charge in [-0.3, -0.25) is 4.68 Å². The van der Waals surface area contributed by atoms with E-state index in [4.69, 9.17) is 0 Å². The van der Waals surface area contributed by atoms with Crippen LogP contribution in [-0.4, -0.2) is 27.5 Å². The van der Waals surface area contributed by atoms with Crippen LogP contribution in [0.25, 0.3) is 0 Å². The summed E-state index contributed by atoms with van der Waals surface area (Å²) in [6.07, 6.45) is 4.44. The largest absolute Gasteiger partial charge is 0.394 e. The number of aliphatic hydroxyl groups is 1. The molecule has 1 aromatic rings. The summed E-state index contributed by atoms with van der Waals surface area (Å²) in [6, 6.07) is 0.656. The summed E-state index contributed by atoms with van der Waals surface area (Å²) < 4.78 is 1.79. The van der Waals surface area contributed by atoms with Crippen molar-refractivity contribution in [2.45, 2.75) is 31.8 Å². The molecule has 1 heterocycles. The molecule has 0 bridgehead atoms. The minimum Gasteiger partial charge on any atom is -0.394 e. The summed E-state index contributed by atoms with van der Waals surface area (Å²) in [5.41, 5.74) is 2.11. The lowest BCUT2D eigenvalue weighted by molar-refractivity contribution is 0.243. The second-order valence-electron chi connectivity index (χ2n) is 4.02. The van der Waals surface area contributed by atoms with Gasteiger partial charge in [-0.2, -0.15) is 5.10 Å². The molecule has 1 aliphatic carbocycles. The lowest BCUT2D eigenvalue weighted by Gasteiger charge is -2.14. The van der Waals surface area contributed by atoms with Crippen molar-refractivity contribution in [3.8, 4) is 0 Å². The van der Waals surface area contributed by atoms with Crippen LogP contribution in [-0.2, 0) is 7.05 Å². The molecule has 0 amide bonds. The molecule has 4 nitrogen and oxygen atoms in total. The van der Waals surface area contributed by atoms with Gasteiger partial charge in [0.25, 0.3) is 0 Å². The Morgan fingerprint density at radius 1 is 1.71 bits per heavy atom. The van der Waals surface area contributed by atoms with Crippen molar-refractivity contribution < 1.29 is 5.11 Å². The fraction of sp³-hybridized carbons (Fsp3) is 0.700. The molecule has 78 valence electrons. The molecule has 0 spiro atoms. The quantitative estimate of drug-likeness (QED) is 0.736. The summed E-state index contributed by atoms with van der Waals surface area (Å²) >= 11 is 0. The van der Waals surface area contributed by atoms with Gasteiger partial charge in [0.05, 0.1) is 18.3 Å². The number of rotatable bonds is 4. The first-order valence-electron chi connectivity index (χ1n) is 5.07. The Labute approximate surface area is 83.9 Å². The standard InChI is InChI=1S/C10H17N3O/c1-7-9(5-13(2)12-7)10(6-14)11-8-3-4-8/h5,8,10-11,14H,3-4,6H2,1-2H3. The first kappa shape index (κ1) is 9.68. The normalized spacial score (nSPS) is 18.5. The Balaban J connectivity index is 2.12. The predicted molar refractivity (Wildman–Crippen MR) is 53.9 cm³/mol. The van der Waals surface area contributed by atoms with Crippen molar-refractivity contribution in [3.63, 3.8) is 0 Å². The van der Waals surface area contributed by atoms with Crippen molar-refractivity contribution in [3.05, 3.63) is 17.5 Å². The number of nitrogens with one attached hydrogen (secondary N) is 1. The zero-order valence-corrected chi connectivity index (χ0v) is 8.70. The maximum absolute atomic E-state index is 9.29. The summed E-state index contributed by atoms with van der Waals surface area (Å²) in [5, 5.41) is 17.0. The molecule has 2 rings (SSSR count). The van der Waals surface area contributed by atoms with Gasteiger partial charge in [-0.1, -0.05) is 0 Å². The van der Waals surface area contributed by atoms with Crippen LogP contribution in [0, 0.1) is 6.92 Å². The molecular formula is C10H17N3O. The van der Waals surface area contributed by atoms with Crippen LogP contribution in [0.4, 0.5) is 0 Å². The van der Waals surface area contributed by atoms with Gasteiger partial charge in [0, 0.05) is 24.8 Å². The molecule has 2 N–H and O–H groups in total. The van der Waals surface area contributed by atoms with E-state index in [0.29, 0.717) is 6.04 Å². The highest BCUT2D eigenvalue weighted by molar-refractivity contribution is 5.20. The minimum absolute atomic E-state index is 0.0520. The average Bonchev–Trinajstić information content (AvgIpc) is 2.89. The van der Waals surface area contributed by atoms with Gasteiger partial charge in [-0.05, 0) is 19.8 Å². The van der Waals surface area contributed by atoms with E-state index in [1.54, 1.807) is 4.68 Å². The average molecular weight is 195 g/mol. The van der Waals surface area contributed by atoms with Crippen LogP contribution in [0.15, 0.2) is 6.20 Å². The zero-order valence-electron chi connectivity index (χ0n) is 8.70. The molecule has 1 unspecified atom stereocenters. The predicted octanol–water partition coefficient (Wildman–Crippen LogP) is 0.514. The van der Waals surface area contributed by atoms with E-state index in [1.165, 1.54) is 12.8 Å². The number of nitrogens with zero attached hydrogens (tertiary/aromatic N) is 2. The van der Waals surface area contributed by atoms with E-state index in [2.05, 4.69) is 10.4 Å². The molecule has 0 saturated heterocycles. The maximum atomic E-state index is 9.29. The molecular weight excluding hydrogens is 178 g/mol. The maximum Gasteiger partial charge on any atom is 0.0642 e. The van der Waals surface area contributed by atoms with Crippen LogP contribution in [0.2, 0.25) is 0 Å². The molecule has 4 heteroatoms. The summed E-state index contributed by atoms with van der Waals surface area (Å²) in [5.74, 6) is 0. The Bertz CT molecular complexity index is 317. The van der Waals surface area contributed by atoms with Crippen molar-refractivity contribution in [1.29, 1.82) is 0 Å². The van der Waals surface area contributed by atoms with Gasteiger partial charge in [-0.15, -0.1) is 0 Å². The lowest BCUT2D eigenvalue weighted by atomic mass is 10.1. The van der Waals surface area contributed by atoms with Gasteiger partial charge in [0.15, 0.2) is 0 Å². The highest BCUT2D eigenvalue weighted by atomic mass is 16.3. The first-order chi connectivity index (χ1) is 6.70. The van der Waals surface area contributed by atoms with Crippen molar-refractivity contribution in [2.24, 2.45) is 7.05 Å². The SMILES string of the molecule is Cc1nn(C)cc1C(CO)NC1CC1. The van der Waals surface area contributed by atoms with E-state index < -0.39 is 0 Å². The van der Waals surface area contributed by atoms with Gasteiger partial charge >= 0.3 is 0 Å². The van der Waals surface area contributed by atoms with Crippen LogP contribution in [0.3, 0.4) is 0 Å². The fourth-order valence-corrected chi connectivity index (χ4v) is 1.74. The van der Waals surface area contributed by atoms with E-state index in [9.17, 15) is 5.11 Å². The lowest BCUT2D eigenvalue weighted by Crippen LogP contribution is -2.26. The molecule has 1 aliphatic rings. The number of aromatic nitrogens is 2. The monoisotopic (exact) mass is 195 g/mol. The van der Waals surface area contributed by atoms with Crippen LogP contribution >= 0.6 is 0 Å². The molecule has 1 saturated carbocycles. The van der Waals surface area contributed by atoms with Gasteiger partial charge in [-0.25, -0.2) is 0 Å². The topological polar surface area (TPSA) is 50.1 Å². The third kappa shape index (κ3) is 1.96. The molecule has 0 aliphatic heterocycles. The highest BCUT2D eigenvalue weighted by Gasteiger charge is 2.26. The second kappa shape index (κ2) is 3.71. The first-order valence-corrected chi connectivity index (χ1v) is 5.07. The Morgan fingerprint density at radius 3 is 2.86 bits per heavy atom. The third-order valence-electron chi connectivity index (χ3n) is 2.62. The van der Waals surface area contributed by atoms with Crippen LogP contribution in [0.5, 0.6) is 0 Å². The van der Waals surface area contributed by atoms with Crippen LogP contribution in [0.1, 0.15) is 30.1 Å². The molecule has 0 aromatic carbocycles. The smallest absolute Gasteiger partial charge is 0.0642 e. The van der Waals surface area contributed by atoms with Crippen molar-refractivity contribution in [2.75, 3.05) is 6.61 Å². The van der Waals surface area contributed by atoms with E-state index in [1.807, 2.05) is 20.2 Å². The molecule has 1 atom stereocenters. The Morgan fingerprint density at radius 2 is 2.43 bits per heavy atom. The minimum atomic E-state index is 0.0520. The molecule has 0 radical (unpaired) electrons. The zero-order chi connectivity index (χ0) is 10.1. The summed E-state index contributed by atoms with van der Waals surface area (Å²) in [4.78, 5) is 0. The van der Waals surface area contributed by atoms with E-state index in [-0.39, 0.29) is 12.6 Å². The Kier molecular flexibility index (Phi) is 2.56. The third-order valence-corrected chi connectivity index (χ3v) is 2.62. The van der Waals surface area contributed by atoms with Gasteiger partial charge in [0.1, 0.15) is 0 Å². The molecule has 1 aromatic heterocycles. The van der Waals surface area contributed by atoms with Gasteiger partial charge in [0.2, 0.25) is 0 Å². The van der Waals surface area contributed by atoms with E-state index in [0.717, 1.165) is 11.3 Å². The number of aryl methyl sites for hydroxylation is 2.